The smallest absolute Gasteiger partial charge is 0.0368 e. The molecular weight excluding hydrogens is 244 g/mol. The van der Waals surface area contributed by atoms with Gasteiger partial charge in [0.05, 0.1) is 0 Å². The molecule has 2 nitrogen and oxygen atoms in total. The van der Waals surface area contributed by atoms with E-state index in [9.17, 15) is 0 Å². The zero-order valence-electron chi connectivity index (χ0n) is 13.4. The predicted molar refractivity (Wildman–Crippen MR) is 88.3 cm³/mol. The third-order valence-corrected chi connectivity index (χ3v) is 4.07. The van der Waals surface area contributed by atoms with Crippen LogP contribution in [-0.2, 0) is 6.54 Å². The Labute approximate surface area is 124 Å². The zero-order valence-corrected chi connectivity index (χ0v) is 13.4. The summed E-state index contributed by atoms with van der Waals surface area (Å²) in [4.78, 5) is 2.52. The van der Waals surface area contributed by atoms with Crippen molar-refractivity contribution >= 4 is 5.69 Å². The fourth-order valence-electron chi connectivity index (χ4n) is 2.57. The standard InChI is InChI=1S/C18H30N2/c1-4-5-6-13-20(15(2)3)18-11-7-16(8-12-18)14-19-17-9-10-17/h7-8,11-12,15,17,19H,4-6,9-10,13-14H2,1-3H3. The first-order valence-electron chi connectivity index (χ1n) is 8.29. The van der Waals surface area contributed by atoms with Gasteiger partial charge in [-0.15, -0.1) is 0 Å². The van der Waals surface area contributed by atoms with Crippen LogP contribution in [0.15, 0.2) is 24.3 Å². The first kappa shape index (κ1) is 15.4. The van der Waals surface area contributed by atoms with E-state index in [1.54, 1.807) is 0 Å². The van der Waals surface area contributed by atoms with Gasteiger partial charge >= 0.3 is 0 Å². The molecule has 0 atom stereocenters. The number of nitrogens with one attached hydrogen (secondary N) is 1. The minimum atomic E-state index is 0.572. The molecule has 2 rings (SSSR count). The predicted octanol–water partition coefficient (Wildman–Crippen LogP) is 4.34. The molecule has 0 radical (unpaired) electrons. The van der Waals surface area contributed by atoms with Crippen LogP contribution in [0, 0.1) is 0 Å². The van der Waals surface area contributed by atoms with Crippen molar-refractivity contribution in [2.45, 2.75) is 71.5 Å². The molecule has 112 valence electrons. The molecule has 0 aromatic heterocycles. The Morgan fingerprint density at radius 1 is 1.15 bits per heavy atom. The second kappa shape index (κ2) is 7.68. The van der Waals surface area contributed by atoms with Gasteiger partial charge < -0.3 is 10.2 Å². The number of anilines is 1. The summed E-state index contributed by atoms with van der Waals surface area (Å²) in [5.41, 5.74) is 2.77. The molecular formula is C18H30N2. The molecule has 1 aliphatic rings. The number of rotatable bonds is 9. The van der Waals surface area contributed by atoms with Crippen molar-refractivity contribution in [3.05, 3.63) is 29.8 Å². The first-order valence-corrected chi connectivity index (χ1v) is 8.29. The number of benzene rings is 1. The molecule has 1 fully saturated rings. The van der Waals surface area contributed by atoms with Crippen LogP contribution in [0.1, 0.15) is 58.4 Å². The molecule has 2 heteroatoms. The third kappa shape index (κ3) is 4.82. The number of hydrogen-bond donors (Lipinski definition) is 1. The van der Waals surface area contributed by atoms with Crippen molar-refractivity contribution in [1.82, 2.24) is 5.32 Å². The van der Waals surface area contributed by atoms with Gasteiger partial charge in [0.2, 0.25) is 0 Å². The van der Waals surface area contributed by atoms with Gasteiger partial charge in [0.1, 0.15) is 0 Å². The van der Waals surface area contributed by atoms with Gasteiger partial charge in [-0.1, -0.05) is 31.9 Å². The summed E-state index contributed by atoms with van der Waals surface area (Å²) >= 11 is 0. The Bertz CT molecular complexity index is 379. The lowest BCUT2D eigenvalue weighted by molar-refractivity contribution is 0.625. The van der Waals surface area contributed by atoms with Crippen molar-refractivity contribution in [3.8, 4) is 0 Å². The van der Waals surface area contributed by atoms with Crippen molar-refractivity contribution in [3.63, 3.8) is 0 Å². The molecule has 1 aromatic carbocycles. The average molecular weight is 274 g/mol. The SMILES string of the molecule is CCCCCN(c1ccc(CNC2CC2)cc1)C(C)C. The molecule has 0 heterocycles. The second-order valence-electron chi connectivity index (χ2n) is 6.32. The highest BCUT2D eigenvalue weighted by atomic mass is 15.1. The molecule has 0 bridgehead atoms. The van der Waals surface area contributed by atoms with Crippen LogP contribution < -0.4 is 10.2 Å². The summed E-state index contributed by atoms with van der Waals surface area (Å²) in [6.45, 7) is 9.03. The maximum Gasteiger partial charge on any atom is 0.0368 e. The van der Waals surface area contributed by atoms with Gasteiger partial charge in [-0.05, 0) is 50.8 Å². The summed E-state index contributed by atoms with van der Waals surface area (Å²) in [5, 5.41) is 3.57. The molecule has 0 unspecified atom stereocenters. The maximum atomic E-state index is 3.57. The zero-order chi connectivity index (χ0) is 14.4. The summed E-state index contributed by atoms with van der Waals surface area (Å²) in [6.07, 6.45) is 6.62. The lowest BCUT2D eigenvalue weighted by atomic mass is 10.1. The number of nitrogens with zero attached hydrogens (tertiary/aromatic N) is 1. The van der Waals surface area contributed by atoms with Crippen LogP contribution in [-0.4, -0.2) is 18.6 Å². The van der Waals surface area contributed by atoms with Crippen molar-refractivity contribution in [2.24, 2.45) is 0 Å². The van der Waals surface area contributed by atoms with Crippen molar-refractivity contribution in [1.29, 1.82) is 0 Å². The van der Waals surface area contributed by atoms with Crippen LogP contribution in [0.2, 0.25) is 0 Å². The van der Waals surface area contributed by atoms with Crippen LogP contribution in [0.25, 0.3) is 0 Å². The highest BCUT2D eigenvalue weighted by Gasteiger charge is 2.19. The van der Waals surface area contributed by atoms with E-state index in [2.05, 4.69) is 55.3 Å². The molecule has 1 N–H and O–H groups in total. The van der Waals surface area contributed by atoms with Gasteiger partial charge in [-0.25, -0.2) is 0 Å². The number of hydrogen-bond acceptors (Lipinski definition) is 2. The van der Waals surface area contributed by atoms with E-state index >= 15 is 0 Å². The van der Waals surface area contributed by atoms with E-state index in [-0.39, 0.29) is 0 Å². The summed E-state index contributed by atoms with van der Waals surface area (Å²) in [7, 11) is 0. The largest absolute Gasteiger partial charge is 0.369 e. The molecule has 1 saturated carbocycles. The summed E-state index contributed by atoms with van der Waals surface area (Å²) in [6, 6.07) is 10.5. The lowest BCUT2D eigenvalue weighted by Crippen LogP contribution is -2.31. The minimum Gasteiger partial charge on any atom is -0.369 e. The Morgan fingerprint density at radius 3 is 2.40 bits per heavy atom. The molecule has 1 aromatic rings. The highest BCUT2D eigenvalue weighted by Crippen LogP contribution is 2.21. The summed E-state index contributed by atoms with van der Waals surface area (Å²) in [5.74, 6) is 0. The van der Waals surface area contributed by atoms with Crippen LogP contribution in [0.4, 0.5) is 5.69 Å². The van der Waals surface area contributed by atoms with E-state index in [0.29, 0.717) is 6.04 Å². The molecule has 0 saturated heterocycles. The molecule has 0 amide bonds. The third-order valence-electron chi connectivity index (χ3n) is 4.07. The van der Waals surface area contributed by atoms with Crippen LogP contribution in [0.3, 0.4) is 0 Å². The quantitative estimate of drug-likeness (QED) is 0.674. The Kier molecular flexibility index (Phi) is 5.90. The second-order valence-corrected chi connectivity index (χ2v) is 6.32. The molecule has 0 spiro atoms. The minimum absolute atomic E-state index is 0.572. The Morgan fingerprint density at radius 2 is 1.85 bits per heavy atom. The fraction of sp³-hybridized carbons (Fsp3) is 0.667. The first-order chi connectivity index (χ1) is 9.70. The van der Waals surface area contributed by atoms with E-state index in [4.69, 9.17) is 0 Å². The van der Waals surface area contributed by atoms with Gasteiger partial charge in [-0.3, -0.25) is 0 Å². The van der Waals surface area contributed by atoms with Crippen molar-refractivity contribution in [2.75, 3.05) is 11.4 Å². The van der Waals surface area contributed by atoms with E-state index in [1.165, 1.54) is 49.9 Å². The van der Waals surface area contributed by atoms with Gasteiger partial charge in [-0.2, -0.15) is 0 Å². The number of unbranched alkanes of at least 4 members (excludes halogenated alkanes) is 2. The summed E-state index contributed by atoms with van der Waals surface area (Å²) < 4.78 is 0. The monoisotopic (exact) mass is 274 g/mol. The van der Waals surface area contributed by atoms with Crippen LogP contribution in [0.5, 0.6) is 0 Å². The molecule has 0 aliphatic heterocycles. The van der Waals surface area contributed by atoms with E-state index < -0.39 is 0 Å². The van der Waals surface area contributed by atoms with E-state index in [0.717, 1.165) is 12.6 Å². The maximum absolute atomic E-state index is 3.57. The van der Waals surface area contributed by atoms with Gasteiger partial charge in [0.25, 0.3) is 0 Å². The Hall–Kier alpha value is -1.02. The van der Waals surface area contributed by atoms with Crippen LogP contribution >= 0.6 is 0 Å². The average Bonchev–Trinajstić information content (AvgIpc) is 3.26. The van der Waals surface area contributed by atoms with Crippen molar-refractivity contribution < 1.29 is 0 Å². The van der Waals surface area contributed by atoms with E-state index in [1.807, 2.05) is 0 Å². The Balaban J connectivity index is 1.89. The van der Waals surface area contributed by atoms with Gasteiger partial charge in [0, 0.05) is 30.9 Å². The fourth-order valence-corrected chi connectivity index (χ4v) is 2.57. The normalized spacial score (nSPS) is 14.8. The van der Waals surface area contributed by atoms with Gasteiger partial charge in [0.15, 0.2) is 0 Å². The molecule has 20 heavy (non-hydrogen) atoms. The topological polar surface area (TPSA) is 15.3 Å². The lowest BCUT2D eigenvalue weighted by Gasteiger charge is -2.29. The highest BCUT2D eigenvalue weighted by molar-refractivity contribution is 5.48. The molecule has 1 aliphatic carbocycles.